The lowest BCUT2D eigenvalue weighted by Crippen LogP contribution is -2.37. The molecule has 0 aromatic heterocycles. The lowest BCUT2D eigenvalue weighted by molar-refractivity contribution is -0.126. The molecule has 1 saturated heterocycles. The average Bonchev–Trinajstić information content (AvgIpc) is 2.29. The molecule has 0 aromatic carbocycles. The molecule has 0 bridgehead atoms. The van der Waals surface area contributed by atoms with Gasteiger partial charge < -0.3 is 15.7 Å². The smallest absolute Gasteiger partial charge is 0.227 e. The van der Waals surface area contributed by atoms with E-state index in [0.717, 1.165) is 0 Å². The number of rotatable bonds is 3. The predicted octanol–water partition coefficient (Wildman–Crippen LogP) is -0.907. The van der Waals surface area contributed by atoms with E-state index in [1.54, 1.807) is 0 Å². The zero-order valence-electron chi connectivity index (χ0n) is 7.55. The van der Waals surface area contributed by atoms with Crippen molar-refractivity contribution in [2.24, 2.45) is 5.41 Å². The number of carbonyl (C=O) groups is 1. The van der Waals surface area contributed by atoms with Gasteiger partial charge in [0.2, 0.25) is 5.91 Å². The lowest BCUT2D eigenvalue weighted by Gasteiger charge is -2.19. The monoisotopic (exact) mass is 172 g/mol. The highest BCUT2D eigenvalue weighted by Gasteiger charge is 2.41. The second-order valence-corrected chi connectivity index (χ2v) is 3.65. The summed E-state index contributed by atoms with van der Waals surface area (Å²) in [5.41, 5.74) is -0.345. The number of aliphatic hydroxyl groups is 1. The largest absolute Gasteiger partial charge is 0.394 e. The average molecular weight is 172 g/mol. The molecule has 1 aliphatic heterocycles. The summed E-state index contributed by atoms with van der Waals surface area (Å²) in [6, 6.07) is -0.0594. The minimum atomic E-state index is -0.345. The summed E-state index contributed by atoms with van der Waals surface area (Å²) in [4.78, 5) is 11.4. The molecule has 0 saturated carbocycles. The van der Waals surface area contributed by atoms with E-state index in [4.69, 9.17) is 5.11 Å². The maximum atomic E-state index is 11.4. The molecule has 4 heteroatoms. The number of hydrogen-bond donors (Lipinski definition) is 3. The van der Waals surface area contributed by atoms with Crippen molar-refractivity contribution in [1.29, 1.82) is 0 Å². The zero-order chi connectivity index (χ0) is 9.19. The maximum absolute atomic E-state index is 11.4. The second kappa shape index (κ2) is 3.41. The Morgan fingerprint density at radius 3 is 2.92 bits per heavy atom. The summed E-state index contributed by atoms with van der Waals surface area (Å²) in [7, 11) is 1.82. The summed E-state index contributed by atoms with van der Waals surface area (Å²) >= 11 is 0. The van der Waals surface area contributed by atoms with Gasteiger partial charge in [-0.25, -0.2) is 0 Å². The SMILES string of the molecule is CNCC1(C)CC(CO)NC1=O. The van der Waals surface area contributed by atoms with Gasteiger partial charge in [-0.05, 0) is 20.4 Å². The Morgan fingerprint density at radius 2 is 2.50 bits per heavy atom. The summed E-state index contributed by atoms with van der Waals surface area (Å²) in [6.07, 6.45) is 0.711. The van der Waals surface area contributed by atoms with Crippen molar-refractivity contribution in [3.8, 4) is 0 Å². The highest BCUT2D eigenvalue weighted by atomic mass is 16.3. The summed E-state index contributed by atoms with van der Waals surface area (Å²) in [6.45, 7) is 2.61. The molecular formula is C8H16N2O2. The summed E-state index contributed by atoms with van der Waals surface area (Å²) in [5, 5.41) is 14.6. The minimum Gasteiger partial charge on any atom is -0.394 e. The van der Waals surface area contributed by atoms with Crippen LogP contribution < -0.4 is 10.6 Å². The van der Waals surface area contributed by atoms with Crippen LogP contribution in [0.1, 0.15) is 13.3 Å². The zero-order valence-corrected chi connectivity index (χ0v) is 7.55. The fourth-order valence-corrected chi connectivity index (χ4v) is 1.70. The van der Waals surface area contributed by atoms with E-state index in [9.17, 15) is 4.79 Å². The van der Waals surface area contributed by atoms with E-state index in [1.165, 1.54) is 0 Å². The molecule has 70 valence electrons. The Labute approximate surface area is 72.3 Å². The molecule has 2 atom stereocenters. The summed E-state index contributed by atoms with van der Waals surface area (Å²) in [5.74, 6) is 0.0379. The Bertz CT molecular complexity index is 184. The molecule has 2 unspecified atom stereocenters. The molecule has 4 nitrogen and oxygen atoms in total. The van der Waals surface area contributed by atoms with Gasteiger partial charge in [-0.15, -0.1) is 0 Å². The van der Waals surface area contributed by atoms with Gasteiger partial charge in [-0.1, -0.05) is 0 Å². The van der Waals surface area contributed by atoms with Crippen molar-refractivity contribution < 1.29 is 9.90 Å². The highest BCUT2D eigenvalue weighted by molar-refractivity contribution is 5.85. The third kappa shape index (κ3) is 1.59. The molecule has 1 aliphatic rings. The lowest BCUT2D eigenvalue weighted by atomic mass is 9.87. The molecule has 1 fully saturated rings. The number of nitrogens with one attached hydrogen (secondary N) is 2. The molecule has 0 aromatic rings. The van der Waals surface area contributed by atoms with Crippen molar-refractivity contribution in [3.63, 3.8) is 0 Å². The quantitative estimate of drug-likeness (QED) is 0.516. The van der Waals surface area contributed by atoms with E-state index in [0.29, 0.717) is 13.0 Å². The Hall–Kier alpha value is -0.610. The number of amides is 1. The van der Waals surface area contributed by atoms with Crippen molar-refractivity contribution in [3.05, 3.63) is 0 Å². The van der Waals surface area contributed by atoms with Crippen LogP contribution in [0.4, 0.5) is 0 Å². The van der Waals surface area contributed by atoms with Gasteiger partial charge in [0.1, 0.15) is 0 Å². The Balaban J connectivity index is 2.61. The van der Waals surface area contributed by atoms with Gasteiger partial charge in [-0.3, -0.25) is 4.79 Å². The van der Waals surface area contributed by atoms with Gasteiger partial charge in [0.15, 0.2) is 0 Å². The first kappa shape index (κ1) is 9.48. The Kier molecular flexibility index (Phi) is 2.69. The molecule has 3 N–H and O–H groups in total. The topological polar surface area (TPSA) is 61.4 Å². The second-order valence-electron chi connectivity index (χ2n) is 3.65. The van der Waals surface area contributed by atoms with Crippen molar-refractivity contribution in [2.75, 3.05) is 20.2 Å². The van der Waals surface area contributed by atoms with Crippen LogP contribution in [0.15, 0.2) is 0 Å². The van der Waals surface area contributed by atoms with E-state index in [1.807, 2.05) is 14.0 Å². The molecule has 1 heterocycles. The van der Waals surface area contributed by atoms with Crippen LogP contribution in [0.2, 0.25) is 0 Å². The maximum Gasteiger partial charge on any atom is 0.227 e. The number of carbonyl (C=O) groups excluding carboxylic acids is 1. The molecule has 0 aliphatic carbocycles. The van der Waals surface area contributed by atoms with E-state index in [2.05, 4.69) is 10.6 Å². The summed E-state index contributed by atoms with van der Waals surface area (Å²) < 4.78 is 0. The van der Waals surface area contributed by atoms with Crippen molar-refractivity contribution in [2.45, 2.75) is 19.4 Å². The molecule has 0 spiro atoms. The van der Waals surface area contributed by atoms with Gasteiger partial charge in [0, 0.05) is 6.54 Å². The van der Waals surface area contributed by atoms with Gasteiger partial charge in [0.25, 0.3) is 0 Å². The highest BCUT2D eigenvalue weighted by Crippen LogP contribution is 2.28. The predicted molar refractivity (Wildman–Crippen MR) is 45.7 cm³/mol. The van der Waals surface area contributed by atoms with Crippen LogP contribution in [0.3, 0.4) is 0 Å². The van der Waals surface area contributed by atoms with Crippen molar-refractivity contribution >= 4 is 5.91 Å². The van der Waals surface area contributed by atoms with Crippen LogP contribution in [0.25, 0.3) is 0 Å². The van der Waals surface area contributed by atoms with Gasteiger partial charge in [-0.2, -0.15) is 0 Å². The minimum absolute atomic E-state index is 0.0328. The third-order valence-corrected chi connectivity index (χ3v) is 2.37. The fraction of sp³-hybridized carbons (Fsp3) is 0.875. The molecule has 12 heavy (non-hydrogen) atoms. The third-order valence-electron chi connectivity index (χ3n) is 2.37. The number of hydrogen-bond acceptors (Lipinski definition) is 3. The van der Waals surface area contributed by atoms with Gasteiger partial charge >= 0.3 is 0 Å². The molecule has 1 amide bonds. The normalized spacial score (nSPS) is 35.2. The van der Waals surface area contributed by atoms with Crippen LogP contribution in [-0.2, 0) is 4.79 Å². The molecular weight excluding hydrogens is 156 g/mol. The number of aliphatic hydroxyl groups excluding tert-OH is 1. The first-order valence-electron chi connectivity index (χ1n) is 4.19. The van der Waals surface area contributed by atoms with Crippen LogP contribution in [0.5, 0.6) is 0 Å². The van der Waals surface area contributed by atoms with E-state index in [-0.39, 0.29) is 24.0 Å². The fourth-order valence-electron chi connectivity index (χ4n) is 1.70. The Morgan fingerprint density at radius 1 is 1.83 bits per heavy atom. The van der Waals surface area contributed by atoms with Crippen molar-refractivity contribution in [1.82, 2.24) is 10.6 Å². The standard InChI is InChI=1S/C8H16N2O2/c1-8(5-9-2)3-6(4-11)10-7(8)12/h6,9,11H,3-5H2,1-2H3,(H,10,12). The van der Waals surface area contributed by atoms with Crippen LogP contribution in [0, 0.1) is 5.41 Å². The van der Waals surface area contributed by atoms with Crippen LogP contribution >= 0.6 is 0 Å². The van der Waals surface area contributed by atoms with E-state index >= 15 is 0 Å². The van der Waals surface area contributed by atoms with E-state index < -0.39 is 0 Å². The molecule has 1 rings (SSSR count). The first-order chi connectivity index (χ1) is 5.62. The molecule has 0 radical (unpaired) electrons. The van der Waals surface area contributed by atoms with Gasteiger partial charge in [0.05, 0.1) is 18.1 Å². The first-order valence-corrected chi connectivity index (χ1v) is 4.19. The van der Waals surface area contributed by atoms with Crippen LogP contribution in [-0.4, -0.2) is 37.3 Å².